The number of fused-ring (bicyclic) bond motifs is 5. The van der Waals surface area contributed by atoms with E-state index in [0.29, 0.717) is 35.1 Å². The maximum atomic E-state index is 11.3. The second kappa shape index (κ2) is 10.6. The Morgan fingerprint density at radius 2 is 1.77 bits per heavy atom. The first kappa shape index (κ1) is 25.1. The third-order valence-electron chi connectivity index (χ3n) is 10.4. The fourth-order valence-electron chi connectivity index (χ4n) is 8.87. The first-order valence-corrected chi connectivity index (χ1v) is 13.0. The van der Waals surface area contributed by atoms with Gasteiger partial charge in [-0.15, -0.1) is 0 Å². The van der Waals surface area contributed by atoms with Gasteiger partial charge in [-0.2, -0.15) is 0 Å². The summed E-state index contributed by atoms with van der Waals surface area (Å²) in [6, 6.07) is 0.274. The Hall–Kier alpha value is -0.490. The molecule has 4 aliphatic rings. The molecule has 0 saturated heterocycles. The van der Waals surface area contributed by atoms with Crippen molar-refractivity contribution in [3.05, 3.63) is 0 Å². The van der Waals surface area contributed by atoms with E-state index in [1.54, 1.807) is 0 Å². The van der Waals surface area contributed by atoms with Gasteiger partial charge in [-0.05, 0) is 105 Å². The van der Waals surface area contributed by atoms with Crippen LogP contribution >= 0.6 is 0 Å². The highest BCUT2D eigenvalue weighted by molar-refractivity contribution is 5.12. The molecule has 9 atom stereocenters. The van der Waals surface area contributed by atoms with Crippen LogP contribution in [0.15, 0.2) is 0 Å². The zero-order chi connectivity index (χ0) is 22.6. The van der Waals surface area contributed by atoms with Gasteiger partial charge in [-0.3, -0.25) is 0 Å². The molecule has 0 spiro atoms. The van der Waals surface area contributed by atoms with E-state index in [0.717, 1.165) is 37.6 Å². The van der Waals surface area contributed by atoms with Gasteiger partial charge >= 0.3 is 0 Å². The van der Waals surface area contributed by atoms with Crippen molar-refractivity contribution in [1.29, 1.82) is 0 Å². The van der Waals surface area contributed by atoms with Gasteiger partial charge in [0.2, 0.25) is 0 Å². The number of aliphatic hydroxyl groups excluding tert-OH is 2. The monoisotopic (exact) mass is 436 g/mol. The Labute approximate surface area is 189 Å². The predicted octanol–water partition coefficient (Wildman–Crippen LogP) is 3.51. The molecule has 4 saturated carbocycles. The first-order chi connectivity index (χ1) is 14.9. The first-order valence-electron chi connectivity index (χ1n) is 13.0. The van der Waals surface area contributed by atoms with Crippen molar-refractivity contribution < 1.29 is 15.0 Å². The molecular formula is C26H48N2O3. The van der Waals surface area contributed by atoms with E-state index in [1.807, 2.05) is 6.79 Å². The van der Waals surface area contributed by atoms with Crippen LogP contribution in [-0.4, -0.2) is 48.8 Å². The molecule has 5 N–H and O–H groups in total. The molecule has 0 aromatic heterocycles. The van der Waals surface area contributed by atoms with Crippen LogP contribution in [-0.2, 0) is 4.79 Å². The fraction of sp³-hybridized carbons (Fsp3) is 0.962. The molecule has 31 heavy (non-hydrogen) atoms. The number of nitrogens with two attached hydrogens (primary N) is 1. The lowest BCUT2D eigenvalue weighted by molar-refractivity contribution is -0.163. The smallest absolute Gasteiger partial charge is 0.106 e. The number of aliphatic hydroxyl groups is 2. The van der Waals surface area contributed by atoms with E-state index in [1.165, 1.54) is 51.4 Å². The number of hydrogen-bond acceptors (Lipinski definition) is 5. The fourth-order valence-corrected chi connectivity index (χ4v) is 8.87. The summed E-state index contributed by atoms with van der Waals surface area (Å²) in [6.45, 7) is 8.95. The van der Waals surface area contributed by atoms with Crippen molar-refractivity contribution in [3.8, 4) is 0 Å². The molecule has 0 heterocycles. The summed E-state index contributed by atoms with van der Waals surface area (Å²) >= 11 is 0. The van der Waals surface area contributed by atoms with Crippen molar-refractivity contribution in [1.82, 2.24) is 5.32 Å². The average molecular weight is 437 g/mol. The molecule has 5 nitrogen and oxygen atoms in total. The highest BCUT2D eigenvalue weighted by atomic mass is 16.3. The quantitative estimate of drug-likeness (QED) is 0.458. The normalized spacial score (nSPS) is 44.9. The highest BCUT2D eigenvalue weighted by Crippen LogP contribution is 2.67. The largest absolute Gasteiger partial charge is 0.395 e. The second-order valence-electron chi connectivity index (χ2n) is 11.5. The van der Waals surface area contributed by atoms with Crippen molar-refractivity contribution in [3.63, 3.8) is 0 Å². The molecule has 7 unspecified atom stereocenters. The number of nitrogens with one attached hydrogen (secondary N) is 1. The molecule has 5 heteroatoms. The minimum atomic E-state index is -0.0848. The van der Waals surface area contributed by atoms with Gasteiger partial charge in [0.1, 0.15) is 6.79 Å². The van der Waals surface area contributed by atoms with Gasteiger partial charge in [0.15, 0.2) is 0 Å². The molecule has 0 bridgehead atoms. The SMILES string of the molecule is C=O.CC12CCCCC1CC(O)C1C2CCC2(C)C([C@H](N)CCCNCCO)CC[C@@H]12. The summed E-state index contributed by atoms with van der Waals surface area (Å²) in [5.74, 6) is 3.27. The number of carbonyl (C=O) groups is 1. The summed E-state index contributed by atoms with van der Waals surface area (Å²) in [4.78, 5) is 8.00. The maximum absolute atomic E-state index is 11.3. The van der Waals surface area contributed by atoms with Crippen LogP contribution in [0.5, 0.6) is 0 Å². The molecule has 0 radical (unpaired) electrons. The molecule has 0 aromatic rings. The van der Waals surface area contributed by atoms with E-state index >= 15 is 0 Å². The van der Waals surface area contributed by atoms with Gasteiger partial charge in [0.25, 0.3) is 0 Å². The minimum absolute atomic E-state index is 0.0848. The van der Waals surface area contributed by atoms with Crippen molar-refractivity contribution >= 4 is 6.79 Å². The van der Waals surface area contributed by atoms with E-state index in [2.05, 4.69) is 19.2 Å². The average Bonchev–Trinajstić information content (AvgIpc) is 3.12. The molecule has 4 fully saturated rings. The van der Waals surface area contributed by atoms with Crippen LogP contribution in [0.25, 0.3) is 0 Å². The van der Waals surface area contributed by atoms with E-state index in [-0.39, 0.29) is 18.8 Å². The van der Waals surface area contributed by atoms with Gasteiger partial charge in [-0.25, -0.2) is 0 Å². The summed E-state index contributed by atoms with van der Waals surface area (Å²) < 4.78 is 0. The van der Waals surface area contributed by atoms with E-state index in [4.69, 9.17) is 15.6 Å². The molecule has 4 aliphatic carbocycles. The lowest BCUT2D eigenvalue weighted by atomic mass is 9.44. The van der Waals surface area contributed by atoms with Gasteiger partial charge in [0.05, 0.1) is 12.7 Å². The minimum Gasteiger partial charge on any atom is -0.395 e. The van der Waals surface area contributed by atoms with Gasteiger partial charge < -0.3 is 26.1 Å². The van der Waals surface area contributed by atoms with Crippen molar-refractivity contribution in [2.45, 2.75) is 96.6 Å². The number of rotatable bonds is 7. The van der Waals surface area contributed by atoms with Crippen LogP contribution in [0.4, 0.5) is 0 Å². The van der Waals surface area contributed by atoms with Crippen molar-refractivity contribution in [2.75, 3.05) is 19.7 Å². The maximum Gasteiger partial charge on any atom is 0.106 e. The summed E-state index contributed by atoms with van der Waals surface area (Å²) in [6.07, 6.45) is 13.8. The molecular weight excluding hydrogens is 388 g/mol. The van der Waals surface area contributed by atoms with Crippen LogP contribution in [0.3, 0.4) is 0 Å². The van der Waals surface area contributed by atoms with Crippen LogP contribution in [0.1, 0.15) is 84.5 Å². The lowest BCUT2D eigenvalue weighted by Gasteiger charge is -2.62. The standard InChI is InChI=1S/C25H46N2O2.CH2O/c1-24-11-4-3-6-17(24)16-22(29)23-19-9-8-18(25(19,2)12-10-20(23)24)21(26)7-5-13-27-14-15-28;1-2/h17-23,27-29H,3-16,26H2,1-2H3;1H2/t17?,18?,19-,20?,21+,22?,23?,24?,25?;/m0./s1. The Morgan fingerprint density at radius 3 is 2.52 bits per heavy atom. The van der Waals surface area contributed by atoms with E-state index in [9.17, 15) is 5.11 Å². The summed E-state index contributed by atoms with van der Waals surface area (Å²) in [7, 11) is 0. The van der Waals surface area contributed by atoms with Crippen LogP contribution < -0.4 is 11.1 Å². The third-order valence-corrected chi connectivity index (χ3v) is 10.4. The molecule has 4 rings (SSSR count). The van der Waals surface area contributed by atoms with Crippen LogP contribution in [0, 0.1) is 40.4 Å². The molecule has 0 aliphatic heterocycles. The Bertz CT molecular complexity index is 575. The van der Waals surface area contributed by atoms with E-state index < -0.39 is 0 Å². The Balaban J connectivity index is 0.00000132. The van der Waals surface area contributed by atoms with Gasteiger partial charge in [-0.1, -0.05) is 26.7 Å². The Morgan fingerprint density at radius 1 is 1.03 bits per heavy atom. The highest BCUT2D eigenvalue weighted by Gasteiger charge is 2.62. The summed E-state index contributed by atoms with van der Waals surface area (Å²) in [5.41, 5.74) is 7.57. The number of hydrogen-bond donors (Lipinski definition) is 4. The molecule has 0 amide bonds. The van der Waals surface area contributed by atoms with Crippen LogP contribution in [0.2, 0.25) is 0 Å². The summed E-state index contributed by atoms with van der Waals surface area (Å²) in [5, 5.41) is 23.5. The second-order valence-corrected chi connectivity index (χ2v) is 11.5. The van der Waals surface area contributed by atoms with Gasteiger partial charge in [0, 0.05) is 12.6 Å². The molecule has 0 aromatic carbocycles. The topological polar surface area (TPSA) is 95.6 Å². The Kier molecular flexibility index (Phi) is 8.62. The zero-order valence-corrected chi connectivity index (χ0v) is 20.0. The lowest BCUT2D eigenvalue weighted by Crippen LogP contribution is -2.58. The number of carbonyl (C=O) groups excluding carboxylic acids is 1. The zero-order valence-electron chi connectivity index (χ0n) is 20.0. The third kappa shape index (κ3) is 4.62. The van der Waals surface area contributed by atoms with Crippen molar-refractivity contribution in [2.24, 2.45) is 46.2 Å². The predicted molar refractivity (Wildman–Crippen MR) is 126 cm³/mol. The molecule has 180 valence electrons.